The van der Waals surface area contributed by atoms with Gasteiger partial charge in [-0.15, -0.1) is 18.3 Å². The molecule has 0 radical (unpaired) electrons. The molecule has 1 aromatic carbocycles. The number of rotatable bonds is 6. The first kappa shape index (κ1) is 19.1. The lowest BCUT2D eigenvalue weighted by Crippen LogP contribution is -2.17. The number of hydrogen-bond donors (Lipinski definition) is 0. The number of esters is 1. The minimum atomic E-state index is -4.75. The van der Waals surface area contributed by atoms with E-state index in [2.05, 4.69) is 24.5 Å². The highest BCUT2D eigenvalue weighted by Crippen LogP contribution is 2.23. The van der Waals surface area contributed by atoms with Crippen LogP contribution in [0.15, 0.2) is 48.9 Å². The lowest BCUT2D eigenvalue weighted by Gasteiger charge is -2.09. The Balaban J connectivity index is 1.60. The summed E-state index contributed by atoms with van der Waals surface area (Å²) >= 11 is 0. The molecule has 2 aromatic heterocycles. The Morgan fingerprint density at radius 1 is 1.11 bits per heavy atom. The molecule has 3 aromatic rings. The Bertz CT molecular complexity index is 940. The lowest BCUT2D eigenvalue weighted by atomic mass is 10.3. The molecule has 146 valence electrons. The van der Waals surface area contributed by atoms with Gasteiger partial charge >= 0.3 is 12.3 Å². The number of hydrogen-bond acceptors (Lipinski definition) is 7. The largest absolute Gasteiger partial charge is 0.573 e. The lowest BCUT2D eigenvalue weighted by molar-refractivity contribution is -0.274. The SMILES string of the molecule is COC(=O)c1ccc(OCc2ncn(-c3ccc(OC(F)(F)F)cc3)n2)nc1. The summed E-state index contributed by atoms with van der Waals surface area (Å²) in [4.78, 5) is 19.4. The second kappa shape index (κ2) is 7.94. The summed E-state index contributed by atoms with van der Waals surface area (Å²) in [5, 5.41) is 4.17. The number of nitrogens with zero attached hydrogens (tertiary/aromatic N) is 4. The van der Waals surface area contributed by atoms with E-state index in [-0.39, 0.29) is 23.8 Å². The molecule has 0 saturated heterocycles. The molecule has 2 heterocycles. The van der Waals surface area contributed by atoms with E-state index in [1.54, 1.807) is 0 Å². The van der Waals surface area contributed by atoms with E-state index in [1.807, 2.05) is 0 Å². The van der Waals surface area contributed by atoms with Gasteiger partial charge in [0.15, 0.2) is 12.4 Å². The molecule has 8 nitrogen and oxygen atoms in total. The van der Waals surface area contributed by atoms with Crippen LogP contribution in [0, 0.1) is 0 Å². The van der Waals surface area contributed by atoms with E-state index in [0.717, 1.165) is 0 Å². The molecule has 0 amide bonds. The smallest absolute Gasteiger partial charge is 0.469 e. The highest BCUT2D eigenvalue weighted by atomic mass is 19.4. The average Bonchev–Trinajstić information content (AvgIpc) is 3.14. The summed E-state index contributed by atoms with van der Waals surface area (Å²) in [7, 11) is 1.27. The third kappa shape index (κ3) is 4.96. The van der Waals surface area contributed by atoms with Gasteiger partial charge in [0, 0.05) is 12.3 Å². The van der Waals surface area contributed by atoms with Gasteiger partial charge in [-0.2, -0.15) is 0 Å². The number of carbonyl (C=O) groups excluding carboxylic acids is 1. The van der Waals surface area contributed by atoms with E-state index in [1.165, 1.54) is 60.7 Å². The monoisotopic (exact) mass is 394 g/mol. The number of benzene rings is 1. The number of pyridine rings is 1. The maximum atomic E-state index is 12.2. The Kier molecular flexibility index (Phi) is 5.43. The summed E-state index contributed by atoms with van der Waals surface area (Å²) < 4.78 is 51.7. The van der Waals surface area contributed by atoms with Gasteiger partial charge in [0.2, 0.25) is 5.88 Å². The average molecular weight is 394 g/mol. The molecule has 0 atom stereocenters. The van der Waals surface area contributed by atoms with Crippen molar-refractivity contribution >= 4 is 5.97 Å². The predicted molar refractivity (Wildman–Crippen MR) is 88.0 cm³/mol. The van der Waals surface area contributed by atoms with E-state index < -0.39 is 12.3 Å². The summed E-state index contributed by atoms with van der Waals surface area (Å²) in [6, 6.07) is 8.18. The maximum Gasteiger partial charge on any atom is 0.573 e. The third-order valence-electron chi connectivity index (χ3n) is 3.38. The summed E-state index contributed by atoms with van der Waals surface area (Å²) in [5.74, 6) is -0.250. The Labute approximate surface area is 156 Å². The molecule has 28 heavy (non-hydrogen) atoms. The van der Waals surface area contributed by atoms with Crippen molar-refractivity contribution < 1.29 is 32.2 Å². The van der Waals surface area contributed by atoms with E-state index in [0.29, 0.717) is 11.5 Å². The van der Waals surface area contributed by atoms with Crippen molar-refractivity contribution in [1.82, 2.24) is 19.7 Å². The van der Waals surface area contributed by atoms with E-state index in [9.17, 15) is 18.0 Å². The van der Waals surface area contributed by atoms with Gasteiger partial charge in [0.1, 0.15) is 12.1 Å². The van der Waals surface area contributed by atoms with E-state index in [4.69, 9.17) is 4.74 Å². The maximum absolute atomic E-state index is 12.2. The molecule has 3 rings (SSSR count). The fourth-order valence-corrected chi connectivity index (χ4v) is 2.13. The zero-order valence-electron chi connectivity index (χ0n) is 14.4. The van der Waals surface area contributed by atoms with Crippen molar-refractivity contribution in [2.75, 3.05) is 7.11 Å². The van der Waals surface area contributed by atoms with Gasteiger partial charge in [-0.3, -0.25) is 0 Å². The Hall–Kier alpha value is -3.63. The molecule has 0 N–H and O–H groups in total. The van der Waals surface area contributed by atoms with Crippen LogP contribution in [-0.2, 0) is 11.3 Å². The highest BCUT2D eigenvalue weighted by molar-refractivity contribution is 5.88. The molecule has 0 saturated carbocycles. The van der Waals surface area contributed by atoms with Crippen LogP contribution >= 0.6 is 0 Å². The first-order chi connectivity index (χ1) is 13.3. The molecule has 0 spiro atoms. The van der Waals surface area contributed by atoms with Crippen molar-refractivity contribution in [3.63, 3.8) is 0 Å². The van der Waals surface area contributed by atoms with Gasteiger partial charge in [0.25, 0.3) is 0 Å². The highest BCUT2D eigenvalue weighted by Gasteiger charge is 2.30. The molecule has 0 aliphatic heterocycles. The molecular formula is C17H13F3N4O4. The zero-order valence-corrected chi connectivity index (χ0v) is 14.4. The van der Waals surface area contributed by atoms with Crippen LogP contribution in [-0.4, -0.2) is 39.2 Å². The first-order valence-corrected chi connectivity index (χ1v) is 7.78. The second-order valence-electron chi connectivity index (χ2n) is 5.31. The normalized spacial score (nSPS) is 11.1. The molecule has 0 bridgehead atoms. The van der Waals surface area contributed by atoms with Crippen LogP contribution in [0.4, 0.5) is 13.2 Å². The molecule has 0 aliphatic rings. The van der Waals surface area contributed by atoms with Gasteiger partial charge in [-0.1, -0.05) is 0 Å². The third-order valence-corrected chi connectivity index (χ3v) is 3.38. The molecular weight excluding hydrogens is 381 g/mol. The van der Waals surface area contributed by atoms with Crippen LogP contribution in [0.3, 0.4) is 0 Å². The van der Waals surface area contributed by atoms with Crippen LogP contribution in [0.1, 0.15) is 16.2 Å². The molecule has 0 unspecified atom stereocenters. The topological polar surface area (TPSA) is 88.4 Å². The van der Waals surface area contributed by atoms with Crippen LogP contribution in [0.2, 0.25) is 0 Å². The van der Waals surface area contributed by atoms with Crippen molar-refractivity contribution in [3.8, 4) is 17.3 Å². The number of aromatic nitrogens is 4. The standard InChI is InChI=1S/C17H13F3N4O4/c1-26-16(25)11-2-7-15(21-8-11)27-9-14-22-10-24(23-14)12-3-5-13(6-4-12)28-17(18,19)20/h2-8,10H,9H2,1H3. The second-order valence-corrected chi connectivity index (χ2v) is 5.31. The van der Waals surface area contributed by atoms with Crippen molar-refractivity contribution in [2.45, 2.75) is 13.0 Å². The van der Waals surface area contributed by atoms with Crippen LogP contribution < -0.4 is 9.47 Å². The first-order valence-electron chi connectivity index (χ1n) is 7.78. The van der Waals surface area contributed by atoms with Gasteiger partial charge in [-0.05, 0) is 30.3 Å². The number of halogens is 3. The predicted octanol–water partition coefficient (Wildman–Crippen LogP) is 2.93. The Morgan fingerprint density at radius 3 is 2.46 bits per heavy atom. The van der Waals surface area contributed by atoms with Gasteiger partial charge in [0.05, 0.1) is 18.4 Å². The van der Waals surface area contributed by atoms with Crippen molar-refractivity contribution in [3.05, 3.63) is 60.3 Å². The van der Waals surface area contributed by atoms with Crippen molar-refractivity contribution in [1.29, 1.82) is 0 Å². The molecule has 11 heteroatoms. The Morgan fingerprint density at radius 2 is 1.86 bits per heavy atom. The number of alkyl halides is 3. The zero-order chi connectivity index (χ0) is 20.1. The minimum absolute atomic E-state index is 0.00678. The fourth-order valence-electron chi connectivity index (χ4n) is 2.13. The van der Waals surface area contributed by atoms with Crippen LogP contribution in [0.5, 0.6) is 11.6 Å². The number of methoxy groups -OCH3 is 1. The number of carbonyl (C=O) groups is 1. The van der Waals surface area contributed by atoms with Gasteiger partial charge < -0.3 is 14.2 Å². The van der Waals surface area contributed by atoms with Gasteiger partial charge in [-0.25, -0.2) is 19.4 Å². The quantitative estimate of drug-likeness (QED) is 0.594. The number of ether oxygens (including phenoxy) is 3. The van der Waals surface area contributed by atoms with E-state index >= 15 is 0 Å². The summed E-state index contributed by atoms with van der Waals surface area (Å²) in [6.07, 6.45) is -2.04. The fraction of sp³-hybridized carbons (Fsp3) is 0.176. The molecule has 0 fully saturated rings. The molecule has 0 aliphatic carbocycles. The minimum Gasteiger partial charge on any atom is -0.469 e. The summed E-state index contributed by atoms with van der Waals surface area (Å²) in [5.41, 5.74) is 0.782. The van der Waals surface area contributed by atoms with Crippen molar-refractivity contribution in [2.24, 2.45) is 0 Å². The summed E-state index contributed by atoms with van der Waals surface area (Å²) in [6.45, 7) is 0.00678. The van der Waals surface area contributed by atoms with Crippen LogP contribution in [0.25, 0.3) is 5.69 Å².